The highest BCUT2D eigenvalue weighted by molar-refractivity contribution is 7.98. The monoisotopic (exact) mass is 237 g/mol. The number of aliphatic hydroxyl groups excluding tert-OH is 1. The van der Waals surface area contributed by atoms with Crippen LogP contribution in [0.1, 0.15) is 12.8 Å². The molecule has 0 saturated carbocycles. The van der Waals surface area contributed by atoms with Gasteiger partial charge in [0.25, 0.3) is 0 Å². The van der Waals surface area contributed by atoms with Gasteiger partial charge < -0.3 is 9.52 Å². The summed E-state index contributed by atoms with van der Waals surface area (Å²) in [6.45, 7) is 2.26. The highest BCUT2D eigenvalue weighted by Gasteiger charge is 2.06. The van der Waals surface area contributed by atoms with E-state index in [4.69, 9.17) is 9.52 Å². The van der Waals surface area contributed by atoms with Gasteiger partial charge in [0, 0.05) is 6.61 Å². The lowest BCUT2D eigenvalue weighted by Gasteiger charge is -2.04. The zero-order valence-corrected chi connectivity index (χ0v) is 10.0. The van der Waals surface area contributed by atoms with Gasteiger partial charge in [-0.1, -0.05) is 19.1 Å². The van der Waals surface area contributed by atoms with Gasteiger partial charge in [-0.25, -0.2) is 4.98 Å². The minimum absolute atomic E-state index is 0.237. The summed E-state index contributed by atoms with van der Waals surface area (Å²) in [4.78, 5) is 4.39. The maximum atomic E-state index is 8.89. The summed E-state index contributed by atoms with van der Waals surface area (Å²) in [5.74, 6) is 2.78. The first-order chi connectivity index (χ1) is 7.79. The molecule has 2 rings (SSSR count). The summed E-state index contributed by atoms with van der Waals surface area (Å²) in [5, 5.41) is 8.89. The van der Waals surface area contributed by atoms with Gasteiger partial charge in [-0.15, -0.1) is 0 Å². The maximum Gasteiger partial charge on any atom is 0.205 e. The number of nitrogens with zero attached hydrogens (tertiary/aromatic N) is 1. The first kappa shape index (κ1) is 11.5. The number of hydrogen-bond acceptors (Lipinski definition) is 4. The fraction of sp³-hybridized carbons (Fsp3) is 0.417. The van der Waals surface area contributed by atoms with E-state index in [1.807, 2.05) is 31.2 Å². The molecule has 0 radical (unpaired) electrons. The minimum Gasteiger partial charge on any atom is -0.440 e. The second-order valence-electron chi connectivity index (χ2n) is 3.88. The van der Waals surface area contributed by atoms with Crippen LogP contribution in [0, 0.1) is 5.92 Å². The van der Waals surface area contributed by atoms with E-state index in [0.717, 1.165) is 28.5 Å². The Morgan fingerprint density at radius 1 is 1.44 bits per heavy atom. The van der Waals surface area contributed by atoms with Gasteiger partial charge in [0.2, 0.25) is 5.89 Å². The fourth-order valence-corrected chi connectivity index (χ4v) is 2.31. The summed E-state index contributed by atoms with van der Waals surface area (Å²) >= 11 is 1.74. The lowest BCUT2D eigenvalue weighted by Crippen LogP contribution is -2.03. The average Bonchev–Trinajstić information content (AvgIpc) is 2.71. The number of para-hydroxylation sites is 2. The van der Waals surface area contributed by atoms with Crippen molar-refractivity contribution in [3.05, 3.63) is 30.2 Å². The summed E-state index contributed by atoms with van der Waals surface area (Å²) in [5.41, 5.74) is 1.75. The molecule has 3 nitrogen and oxygen atoms in total. The van der Waals surface area contributed by atoms with Crippen LogP contribution in [0.25, 0.3) is 11.1 Å². The van der Waals surface area contributed by atoms with E-state index < -0.39 is 0 Å². The van der Waals surface area contributed by atoms with E-state index in [1.54, 1.807) is 11.8 Å². The second-order valence-corrected chi connectivity index (χ2v) is 4.91. The van der Waals surface area contributed by atoms with E-state index in [2.05, 4.69) is 4.98 Å². The first-order valence-corrected chi connectivity index (χ1v) is 6.48. The number of aliphatic hydroxyl groups is 1. The molecule has 0 aliphatic carbocycles. The lowest BCUT2D eigenvalue weighted by atomic mass is 10.2. The number of rotatable bonds is 5. The molecule has 0 spiro atoms. The third-order valence-corrected chi connectivity index (χ3v) is 3.53. The van der Waals surface area contributed by atoms with Crippen molar-refractivity contribution < 1.29 is 9.52 Å². The van der Waals surface area contributed by atoms with Crippen LogP contribution >= 0.6 is 11.8 Å². The first-order valence-electron chi connectivity index (χ1n) is 5.32. The van der Waals surface area contributed by atoms with Crippen LogP contribution in [-0.4, -0.2) is 22.5 Å². The second kappa shape index (κ2) is 5.37. The molecule has 86 valence electrons. The van der Waals surface area contributed by atoms with Gasteiger partial charge in [-0.05, 0) is 23.8 Å². The molecule has 0 fully saturated rings. The van der Waals surface area contributed by atoms with Crippen LogP contribution in [0.4, 0.5) is 0 Å². The van der Waals surface area contributed by atoms with Crippen molar-refractivity contribution in [1.82, 2.24) is 4.98 Å². The number of fused-ring (bicyclic) bond motifs is 1. The Kier molecular flexibility index (Phi) is 3.85. The number of oxazole rings is 1. The summed E-state index contributed by atoms with van der Waals surface area (Å²) < 4.78 is 5.59. The molecule has 1 unspecified atom stereocenters. The van der Waals surface area contributed by atoms with Crippen molar-refractivity contribution in [2.75, 3.05) is 12.4 Å². The fourth-order valence-electron chi connectivity index (χ4n) is 1.38. The van der Waals surface area contributed by atoms with Gasteiger partial charge in [0.15, 0.2) is 5.58 Å². The molecular formula is C12H15NO2S. The van der Waals surface area contributed by atoms with E-state index >= 15 is 0 Å². The Hall–Kier alpha value is -1.00. The zero-order valence-electron chi connectivity index (χ0n) is 9.22. The van der Waals surface area contributed by atoms with E-state index in [9.17, 15) is 0 Å². The van der Waals surface area contributed by atoms with Crippen LogP contribution in [0.15, 0.2) is 28.7 Å². The molecule has 0 bridgehead atoms. The van der Waals surface area contributed by atoms with Gasteiger partial charge in [0.05, 0.1) is 5.75 Å². The van der Waals surface area contributed by atoms with Crippen LogP contribution in [0.3, 0.4) is 0 Å². The largest absolute Gasteiger partial charge is 0.440 e. The predicted molar refractivity (Wildman–Crippen MR) is 66.4 cm³/mol. The van der Waals surface area contributed by atoms with Crippen molar-refractivity contribution >= 4 is 22.9 Å². The van der Waals surface area contributed by atoms with Crippen molar-refractivity contribution in [3.63, 3.8) is 0 Å². The summed E-state index contributed by atoms with van der Waals surface area (Å²) in [6.07, 6.45) is 0. The SMILES string of the molecule is CC(CO)CSCc1nc2ccccc2o1. The lowest BCUT2D eigenvalue weighted by molar-refractivity contribution is 0.250. The Labute approximate surface area is 98.9 Å². The molecule has 2 aromatic rings. The van der Waals surface area contributed by atoms with Gasteiger partial charge >= 0.3 is 0 Å². The molecular weight excluding hydrogens is 222 g/mol. The Morgan fingerprint density at radius 2 is 2.25 bits per heavy atom. The molecule has 0 aliphatic heterocycles. The number of hydrogen-bond donors (Lipinski definition) is 1. The van der Waals surface area contributed by atoms with Crippen molar-refractivity contribution in [1.29, 1.82) is 0 Å². The Bertz CT molecular complexity index is 422. The normalized spacial score (nSPS) is 13.1. The van der Waals surface area contributed by atoms with Crippen LogP contribution in [0.5, 0.6) is 0 Å². The summed E-state index contributed by atoms with van der Waals surface area (Å²) in [6, 6.07) is 7.77. The molecule has 1 N–H and O–H groups in total. The zero-order chi connectivity index (χ0) is 11.4. The molecule has 1 heterocycles. The minimum atomic E-state index is 0.237. The van der Waals surface area contributed by atoms with E-state index in [-0.39, 0.29) is 6.61 Å². The maximum absolute atomic E-state index is 8.89. The van der Waals surface area contributed by atoms with E-state index in [0.29, 0.717) is 5.92 Å². The third kappa shape index (κ3) is 2.77. The molecule has 0 saturated heterocycles. The predicted octanol–water partition coefficient (Wildman–Crippen LogP) is 2.69. The van der Waals surface area contributed by atoms with Crippen LogP contribution in [-0.2, 0) is 5.75 Å². The Morgan fingerprint density at radius 3 is 3.00 bits per heavy atom. The highest BCUT2D eigenvalue weighted by Crippen LogP contribution is 2.19. The molecule has 1 aromatic heterocycles. The molecule has 16 heavy (non-hydrogen) atoms. The van der Waals surface area contributed by atoms with Crippen molar-refractivity contribution in [3.8, 4) is 0 Å². The standard InChI is InChI=1S/C12H15NO2S/c1-9(6-14)7-16-8-12-13-10-4-2-3-5-11(10)15-12/h2-5,9,14H,6-8H2,1H3. The van der Waals surface area contributed by atoms with Crippen molar-refractivity contribution in [2.45, 2.75) is 12.7 Å². The summed E-state index contributed by atoms with van der Waals surface area (Å²) in [7, 11) is 0. The Balaban J connectivity index is 1.94. The average molecular weight is 237 g/mol. The highest BCUT2D eigenvalue weighted by atomic mass is 32.2. The molecule has 4 heteroatoms. The van der Waals surface area contributed by atoms with Crippen LogP contribution in [0.2, 0.25) is 0 Å². The van der Waals surface area contributed by atoms with E-state index in [1.165, 1.54) is 0 Å². The molecule has 0 amide bonds. The van der Waals surface area contributed by atoms with Gasteiger partial charge in [-0.2, -0.15) is 11.8 Å². The molecule has 1 atom stereocenters. The third-order valence-electron chi connectivity index (χ3n) is 2.28. The van der Waals surface area contributed by atoms with Gasteiger partial charge in [-0.3, -0.25) is 0 Å². The topological polar surface area (TPSA) is 46.3 Å². The number of aromatic nitrogens is 1. The van der Waals surface area contributed by atoms with Gasteiger partial charge in [0.1, 0.15) is 5.52 Å². The van der Waals surface area contributed by atoms with Crippen LogP contribution < -0.4 is 0 Å². The number of benzene rings is 1. The smallest absolute Gasteiger partial charge is 0.205 e. The quantitative estimate of drug-likeness (QED) is 0.868. The number of thioether (sulfide) groups is 1. The molecule has 0 aliphatic rings. The van der Waals surface area contributed by atoms with Crippen molar-refractivity contribution in [2.24, 2.45) is 5.92 Å². The molecule has 1 aromatic carbocycles.